The van der Waals surface area contributed by atoms with Gasteiger partial charge in [0.15, 0.2) is 0 Å². The molecule has 11 heteroatoms. The van der Waals surface area contributed by atoms with E-state index in [9.17, 15) is 23.7 Å². The molecule has 39 heavy (non-hydrogen) atoms. The molecule has 0 spiro atoms. The molecule has 0 saturated heterocycles. The van der Waals surface area contributed by atoms with Gasteiger partial charge in [0.25, 0.3) is 11.8 Å². The summed E-state index contributed by atoms with van der Waals surface area (Å²) in [7, 11) is -0.949. The van der Waals surface area contributed by atoms with Crippen molar-refractivity contribution in [2.24, 2.45) is 17.8 Å². The van der Waals surface area contributed by atoms with Crippen LogP contribution in [0.15, 0.2) is 30.3 Å². The van der Waals surface area contributed by atoms with Crippen LogP contribution in [-0.4, -0.2) is 61.2 Å². The monoisotopic (exact) mass is 558 g/mol. The molecule has 0 aliphatic carbocycles. The molecule has 4 N–H and O–H groups in total. The molecule has 0 saturated carbocycles. The molecule has 10 nitrogen and oxygen atoms in total. The Morgan fingerprint density at radius 1 is 0.974 bits per heavy atom. The fourth-order valence-corrected chi connectivity index (χ4v) is 7.09. The van der Waals surface area contributed by atoms with Crippen LogP contribution in [0.3, 0.4) is 0 Å². The predicted molar refractivity (Wildman–Crippen MR) is 152 cm³/mol. The van der Waals surface area contributed by atoms with Gasteiger partial charge in [-0.25, -0.2) is 0 Å². The highest BCUT2D eigenvalue weighted by Gasteiger charge is 2.40. The van der Waals surface area contributed by atoms with Crippen LogP contribution in [0.2, 0.25) is 0 Å². The van der Waals surface area contributed by atoms with Crippen molar-refractivity contribution >= 4 is 47.5 Å². The Morgan fingerprint density at radius 3 is 2.15 bits per heavy atom. The summed E-state index contributed by atoms with van der Waals surface area (Å²) in [6, 6.07) is 7.45. The molecule has 2 unspecified atom stereocenters. The minimum absolute atomic E-state index is 0.0720. The van der Waals surface area contributed by atoms with E-state index in [-0.39, 0.29) is 35.0 Å². The third-order valence-electron chi connectivity index (χ3n) is 6.93. The maximum atomic E-state index is 14.1. The number of carbonyl (C=O) groups is 4. The lowest BCUT2D eigenvalue weighted by atomic mass is 9.93. The van der Waals surface area contributed by atoms with Gasteiger partial charge in [-0.3, -0.25) is 28.6 Å². The van der Waals surface area contributed by atoms with E-state index in [1.54, 1.807) is 30.3 Å². The molecule has 1 aliphatic rings. The van der Waals surface area contributed by atoms with Crippen LogP contribution < -0.4 is 16.4 Å². The number of amides is 4. The summed E-state index contributed by atoms with van der Waals surface area (Å²) < 4.78 is 19.5. The third-order valence-corrected chi connectivity index (χ3v) is 9.30. The summed E-state index contributed by atoms with van der Waals surface area (Å²) in [4.78, 5) is 53.6. The highest BCUT2D eigenvalue weighted by atomic mass is 31.2. The van der Waals surface area contributed by atoms with E-state index in [4.69, 9.17) is 10.3 Å². The van der Waals surface area contributed by atoms with Gasteiger partial charge in [0.1, 0.15) is 12.3 Å². The van der Waals surface area contributed by atoms with Gasteiger partial charge < -0.3 is 20.9 Å². The number of hydrogen-bond acceptors (Lipinski definition) is 7. The second-order valence-electron chi connectivity index (χ2n) is 10.9. The highest BCUT2D eigenvalue weighted by molar-refractivity contribution is 7.59. The van der Waals surface area contributed by atoms with Crippen LogP contribution in [0.25, 0.3) is 10.8 Å². The van der Waals surface area contributed by atoms with Gasteiger partial charge in [-0.15, -0.1) is 0 Å². The average Bonchev–Trinajstić information content (AvgIpc) is 2.88. The van der Waals surface area contributed by atoms with Crippen LogP contribution in [0.5, 0.6) is 0 Å². The quantitative estimate of drug-likeness (QED) is 0.204. The number of nitrogens with two attached hydrogens (primary N) is 1. The number of likely N-dealkylation sites (N-methyl/N-ethyl adjacent to an activating group) is 1. The highest BCUT2D eigenvalue weighted by Crippen LogP contribution is 2.50. The topological polar surface area (TPSA) is 148 Å². The second-order valence-corrected chi connectivity index (χ2v) is 13.6. The number of nitrogens with zero attached hydrogens (tertiary/aromatic N) is 1. The Bertz CT molecular complexity index is 1300. The Kier molecular flexibility index (Phi) is 9.56. The van der Waals surface area contributed by atoms with E-state index < -0.39 is 43.3 Å². The Labute approximate surface area is 229 Å². The van der Waals surface area contributed by atoms with E-state index in [0.29, 0.717) is 29.3 Å². The number of rotatable bonds is 12. The lowest BCUT2D eigenvalue weighted by Gasteiger charge is -2.31. The van der Waals surface area contributed by atoms with Crippen LogP contribution in [0.1, 0.15) is 61.3 Å². The smallest absolute Gasteiger partial charge is 0.261 e. The summed E-state index contributed by atoms with van der Waals surface area (Å²) in [6.07, 6.45) is 0.151. The lowest BCUT2D eigenvalue weighted by Crippen LogP contribution is -2.49. The van der Waals surface area contributed by atoms with Crippen LogP contribution >= 0.6 is 7.37 Å². The first-order valence-electron chi connectivity index (χ1n) is 13.1. The predicted octanol–water partition coefficient (Wildman–Crippen LogP) is 3.84. The van der Waals surface area contributed by atoms with Crippen molar-refractivity contribution in [2.75, 3.05) is 32.3 Å². The molecule has 3 atom stereocenters. The van der Waals surface area contributed by atoms with Crippen molar-refractivity contribution in [3.8, 4) is 0 Å². The largest absolute Gasteiger partial charge is 0.398 e. The fraction of sp³-hybridized carbons (Fsp3) is 0.500. The Balaban J connectivity index is 1.89. The molecule has 2 aromatic rings. The maximum Gasteiger partial charge on any atom is 0.261 e. The molecule has 0 bridgehead atoms. The van der Waals surface area contributed by atoms with Gasteiger partial charge in [-0.05, 0) is 42.9 Å². The molecule has 0 fully saturated rings. The number of anilines is 1. The zero-order chi connectivity index (χ0) is 29.1. The van der Waals surface area contributed by atoms with E-state index in [1.807, 2.05) is 27.7 Å². The van der Waals surface area contributed by atoms with Gasteiger partial charge >= 0.3 is 0 Å². The Hall–Kier alpha value is -3.23. The number of imide groups is 1. The zero-order valence-electron chi connectivity index (χ0n) is 23.4. The molecule has 4 amide bonds. The first-order valence-corrected chi connectivity index (χ1v) is 15.1. The molecular formula is C28H39N4O6P. The second kappa shape index (κ2) is 12.3. The van der Waals surface area contributed by atoms with E-state index in [0.717, 1.165) is 4.90 Å². The summed E-state index contributed by atoms with van der Waals surface area (Å²) >= 11 is 0. The molecule has 3 rings (SSSR count). The van der Waals surface area contributed by atoms with Gasteiger partial charge in [0, 0.05) is 53.8 Å². The Morgan fingerprint density at radius 2 is 1.59 bits per heavy atom. The first-order chi connectivity index (χ1) is 18.3. The zero-order valence-corrected chi connectivity index (χ0v) is 24.3. The molecule has 1 aliphatic heterocycles. The summed E-state index contributed by atoms with van der Waals surface area (Å²) in [5, 5.41) is 6.46. The van der Waals surface area contributed by atoms with Gasteiger partial charge in [-0.2, -0.15) is 0 Å². The molecule has 0 aromatic heterocycles. The number of nitrogen functional groups attached to an aromatic ring is 1. The maximum absolute atomic E-state index is 14.1. The van der Waals surface area contributed by atoms with Gasteiger partial charge in [0.05, 0.1) is 0 Å². The van der Waals surface area contributed by atoms with Crippen molar-refractivity contribution in [3.63, 3.8) is 0 Å². The number of nitrogens with one attached hydrogen (secondary N) is 2. The van der Waals surface area contributed by atoms with Crippen molar-refractivity contribution in [1.82, 2.24) is 15.5 Å². The van der Waals surface area contributed by atoms with Gasteiger partial charge in [0.2, 0.25) is 19.2 Å². The molecule has 0 radical (unpaired) electrons. The molecule has 1 heterocycles. The van der Waals surface area contributed by atoms with Crippen LogP contribution in [0.4, 0.5) is 5.69 Å². The lowest BCUT2D eigenvalue weighted by molar-refractivity contribution is -0.131. The average molecular weight is 559 g/mol. The summed E-state index contributed by atoms with van der Waals surface area (Å²) in [5.74, 6) is -2.46. The fourth-order valence-electron chi connectivity index (χ4n) is 5.04. The van der Waals surface area contributed by atoms with Gasteiger partial charge in [-0.1, -0.05) is 39.8 Å². The molecule has 2 aromatic carbocycles. The van der Waals surface area contributed by atoms with Crippen molar-refractivity contribution in [1.29, 1.82) is 0 Å². The van der Waals surface area contributed by atoms with E-state index >= 15 is 0 Å². The van der Waals surface area contributed by atoms with Crippen LogP contribution in [0, 0.1) is 17.8 Å². The standard InChI is InChI=1S/C28H39N4O6P/c1-16(2)12-18(25(33)31-23(13-17(3)4)26(34)30-5)14-39(37,38-6)15-32-27(35)20-9-7-8-19-22(29)11-10-21(24(19)20)28(32)36/h7-11,16-18,23H,12-15,29H2,1-6H3,(H,30,34)(H,31,33)/t18?,23-,39?/m0/s1. The van der Waals surface area contributed by atoms with Crippen molar-refractivity contribution < 1.29 is 28.3 Å². The number of benzene rings is 2. The first kappa shape index (κ1) is 30.3. The third kappa shape index (κ3) is 6.68. The SMILES string of the molecule is CNC(=O)[C@H](CC(C)C)NC(=O)C(CC(C)C)CP(=O)(CN1C(=O)c2cccc3c(N)ccc(c23)C1=O)OC. The molecular weight excluding hydrogens is 519 g/mol. The number of carbonyl (C=O) groups excluding carboxylic acids is 4. The van der Waals surface area contributed by atoms with Crippen molar-refractivity contribution in [2.45, 2.75) is 46.6 Å². The van der Waals surface area contributed by atoms with E-state index in [2.05, 4.69) is 10.6 Å². The summed E-state index contributed by atoms with van der Waals surface area (Å²) in [5.41, 5.74) is 7.09. The van der Waals surface area contributed by atoms with Crippen LogP contribution in [-0.2, 0) is 18.7 Å². The van der Waals surface area contributed by atoms with Crippen molar-refractivity contribution in [3.05, 3.63) is 41.5 Å². The summed E-state index contributed by atoms with van der Waals surface area (Å²) in [6.45, 7) is 7.77. The number of hydrogen-bond donors (Lipinski definition) is 3. The van der Waals surface area contributed by atoms with E-state index in [1.165, 1.54) is 14.2 Å². The minimum atomic E-state index is -3.71. The minimum Gasteiger partial charge on any atom is -0.398 e. The normalized spacial score (nSPS) is 16.4. The molecule has 212 valence electrons.